The smallest absolute Gasteiger partial charge is 0.308 e. The maximum absolute atomic E-state index is 11.6. The number of ether oxygens (including phenoxy) is 1. The van der Waals surface area contributed by atoms with E-state index in [0.29, 0.717) is 5.75 Å². The minimum Gasteiger partial charge on any atom is -0.426 e. The summed E-state index contributed by atoms with van der Waals surface area (Å²) in [7, 11) is 21.7. The van der Waals surface area contributed by atoms with Crippen molar-refractivity contribution in [3.05, 3.63) is 36.4 Å². The van der Waals surface area contributed by atoms with Crippen LogP contribution in [0.3, 0.4) is 0 Å². The molecule has 2 nitrogen and oxygen atoms in total. The van der Waals surface area contributed by atoms with Crippen LogP contribution >= 0.6 is 65.0 Å². The lowest BCUT2D eigenvalue weighted by molar-refractivity contribution is -0.131. The zero-order valence-electron chi connectivity index (χ0n) is 13.1. The Morgan fingerprint density at radius 3 is 1.65 bits per heavy atom. The van der Waals surface area contributed by atoms with Gasteiger partial charge in [-0.2, -0.15) is 0 Å². The Bertz CT molecular complexity index is 1140. The highest BCUT2D eigenvalue weighted by molar-refractivity contribution is 8.22. The number of esters is 1. The number of hydrogen-bond acceptors (Lipinski definition) is 5. The molecule has 132 valence electrons. The summed E-state index contributed by atoms with van der Waals surface area (Å²) in [6, 6.07) is 11.8. The van der Waals surface area contributed by atoms with Gasteiger partial charge in [-0.1, -0.05) is 18.2 Å². The molecule has 0 N–H and O–H groups in total. The first kappa shape index (κ1) is 18.7. The van der Waals surface area contributed by atoms with Crippen molar-refractivity contribution in [2.45, 2.75) is 21.6 Å². The first-order valence-corrected chi connectivity index (χ1v) is 12.3. The van der Waals surface area contributed by atoms with Crippen molar-refractivity contribution in [3.8, 4) is 5.75 Å². The summed E-state index contributed by atoms with van der Waals surface area (Å²) in [5.74, 6) is 0.117. The lowest BCUT2D eigenvalue weighted by Crippen LogP contribution is -2.02. The third kappa shape index (κ3) is 2.89. The van der Waals surface area contributed by atoms with Gasteiger partial charge in [0.1, 0.15) is 5.75 Å². The molecule has 0 aliphatic heterocycles. The van der Waals surface area contributed by atoms with E-state index in [-0.39, 0.29) is 5.97 Å². The van der Waals surface area contributed by atoms with E-state index in [1.54, 1.807) is 6.07 Å². The molecule has 26 heavy (non-hydrogen) atoms. The molecule has 4 rings (SSSR count). The summed E-state index contributed by atoms with van der Waals surface area (Å²) in [6.07, 6.45) is 0. The molecule has 0 heterocycles. The maximum atomic E-state index is 11.6. The fourth-order valence-electron chi connectivity index (χ4n) is 3.30. The molecule has 0 saturated heterocycles. The quantitative estimate of drug-likeness (QED) is 0.174. The SMILES string of the molecule is CC(=O)Oc1cc(SCl)c2ccc3c(SCl)cc(SCl)c4ccc1c2c43. The average molecular weight is 460 g/mol. The van der Waals surface area contributed by atoms with Gasteiger partial charge < -0.3 is 4.74 Å². The number of benzene rings is 4. The largest absolute Gasteiger partial charge is 0.426 e. The van der Waals surface area contributed by atoms with Crippen molar-refractivity contribution in [1.29, 1.82) is 0 Å². The number of hydrogen-bond donors (Lipinski definition) is 0. The summed E-state index contributed by atoms with van der Waals surface area (Å²) >= 11 is 0. The molecule has 4 aromatic rings. The summed E-state index contributed by atoms with van der Waals surface area (Å²) < 4.78 is 5.45. The third-order valence-corrected chi connectivity index (χ3v) is 7.26. The van der Waals surface area contributed by atoms with Gasteiger partial charge in [0.15, 0.2) is 0 Å². The molecule has 0 aliphatic carbocycles. The van der Waals surface area contributed by atoms with Crippen molar-refractivity contribution in [2.75, 3.05) is 0 Å². The van der Waals surface area contributed by atoms with Gasteiger partial charge in [0.2, 0.25) is 0 Å². The van der Waals surface area contributed by atoms with Crippen molar-refractivity contribution < 1.29 is 9.53 Å². The van der Waals surface area contributed by atoms with Gasteiger partial charge in [-0.15, -0.1) is 0 Å². The molecule has 8 heteroatoms. The summed E-state index contributed by atoms with van der Waals surface area (Å²) in [6.45, 7) is 1.38. The van der Waals surface area contributed by atoms with Crippen LogP contribution < -0.4 is 4.74 Å². The minimum absolute atomic E-state index is 0.375. The van der Waals surface area contributed by atoms with E-state index in [1.165, 1.54) is 6.92 Å². The Hall–Kier alpha value is -0.690. The van der Waals surface area contributed by atoms with Gasteiger partial charge in [-0.05, 0) is 105 Å². The Morgan fingerprint density at radius 1 is 0.769 bits per heavy atom. The molecule has 0 aromatic heterocycles. The van der Waals surface area contributed by atoms with Crippen LogP contribution in [0.25, 0.3) is 32.3 Å². The molecule has 0 fully saturated rings. The highest BCUT2D eigenvalue weighted by Gasteiger charge is 2.19. The first-order valence-electron chi connectivity index (χ1n) is 7.41. The van der Waals surface area contributed by atoms with Crippen LogP contribution in [-0.4, -0.2) is 5.97 Å². The van der Waals surface area contributed by atoms with Gasteiger partial charge in [0.05, 0.1) is 0 Å². The van der Waals surface area contributed by atoms with Gasteiger partial charge in [0, 0.05) is 32.4 Å². The van der Waals surface area contributed by atoms with Crippen LogP contribution in [0.1, 0.15) is 6.92 Å². The van der Waals surface area contributed by atoms with E-state index < -0.39 is 0 Å². The van der Waals surface area contributed by atoms with Gasteiger partial charge in [-0.3, -0.25) is 4.79 Å². The summed E-state index contributed by atoms with van der Waals surface area (Å²) in [5.41, 5.74) is 0. The third-order valence-electron chi connectivity index (χ3n) is 4.25. The van der Waals surface area contributed by atoms with E-state index in [1.807, 2.05) is 30.3 Å². The molecule has 0 saturated carbocycles. The summed E-state index contributed by atoms with van der Waals surface area (Å²) in [4.78, 5) is 14.2. The van der Waals surface area contributed by atoms with Crippen molar-refractivity contribution >= 4 is 103 Å². The molecule has 0 radical (unpaired) electrons. The Balaban J connectivity index is 2.27. The van der Waals surface area contributed by atoms with Crippen LogP contribution in [-0.2, 0) is 4.79 Å². The van der Waals surface area contributed by atoms with Crippen LogP contribution in [0.4, 0.5) is 0 Å². The second kappa shape index (κ2) is 7.38. The molecular weight excluding hydrogens is 451 g/mol. The second-order valence-electron chi connectivity index (χ2n) is 5.64. The standard InChI is InChI=1S/C18H9Cl3O2S3/c1-8(22)23-13-6-14(24-19)10-4-5-12-16(26-21)7-15(25-20)11-3-2-9(13)17(10)18(11)12/h2-7H,1H3. The second-order valence-corrected chi connectivity index (χ2v) is 8.81. The number of rotatable bonds is 4. The highest BCUT2D eigenvalue weighted by atomic mass is 35.7. The molecule has 0 bridgehead atoms. The molecular formula is C18H9Cl3O2S3. The number of carbonyl (C=O) groups is 1. The van der Waals surface area contributed by atoms with E-state index in [2.05, 4.69) is 0 Å². The minimum atomic E-state index is -0.375. The van der Waals surface area contributed by atoms with E-state index in [0.717, 1.165) is 79.9 Å². The predicted molar refractivity (Wildman–Crippen MR) is 117 cm³/mol. The first-order chi connectivity index (χ1) is 12.6. The van der Waals surface area contributed by atoms with Crippen LogP contribution in [0.2, 0.25) is 0 Å². The van der Waals surface area contributed by atoms with Crippen LogP contribution in [0.15, 0.2) is 51.1 Å². The van der Waals surface area contributed by atoms with Gasteiger partial charge in [-0.25, -0.2) is 0 Å². The lowest BCUT2D eigenvalue weighted by atomic mass is 9.93. The molecule has 0 spiro atoms. The lowest BCUT2D eigenvalue weighted by Gasteiger charge is -2.18. The van der Waals surface area contributed by atoms with E-state index in [9.17, 15) is 4.79 Å². The number of carbonyl (C=O) groups excluding carboxylic acids is 1. The van der Waals surface area contributed by atoms with Crippen molar-refractivity contribution in [1.82, 2.24) is 0 Å². The summed E-state index contributed by atoms with van der Waals surface area (Å²) in [5, 5.41) is 5.92. The molecule has 0 atom stereocenters. The highest BCUT2D eigenvalue weighted by Crippen LogP contribution is 2.48. The van der Waals surface area contributed by atoms with E-state index >= 15 is 0 Å². The normalized spacial score (nSPS) is 11.7. The van der Waals surface area contributed by atoms with Crippen molar-refractivity contribution in [3.63, 3.8) is 0 Å². The Labute approximate surface area is 175 Å². The van der Waals surface area contributed by atoms with Gasteiger partial charge in [0.25, 0.3) is 0 Å². The van der Waals surface area contributed by atoms with E-state index in [4.69, 9.17) is 36.8 Å². The Kier molecular flexibility index (Phi) is 5.30. The average Bonchev–Trinajstić information content (AvgIpc) is 2.65. The molecule has 0 unspecified atom stereocenters. The van der Waals surface area contributed by atoms with Crippen LogP contribution in [0, 0.1) is 0 Å². The monoisotopic (exact) mass is 458 g/mol. The zero-order valence-corrected chi connectivity index (χ0v) is 17.9. The fraction of sp³-hybridized carbons (Fsp3) is 0.0556. The molecule has 0 aliphatic rings. The zero-order chi connectivity index (χ0) is 18.4. The van der Waals surface area contributed by atoms with Crippen LogP contribution in [0.5, 0.6) is 5.75 Å². The molecule has 4 aromatic carbocycles. The Morgan fingerprint density at radius 2 is 1.19 bits per heavy atom. The van der Waals surface area contributed by atoms with Crippen molar-refractivity contribution in [2.24, 2.45) is 0 Å². The maximum Gasteiger partial charge on any atom is 0.308 e. The van der Waals surface area contributed by atoms with Gasteiger partial charge >= 0.3 is 5.97 Å². The fourth-order valence-corrected chi connectivity index (χ4v) is 5.76. The predicted octanol–water partition coefficient (Wildman–Crippen LogP) is 8.25. The molecule has 0 amide bonds. The topological polar surface area (TPSA) is 26.3 Å². The number of halogens is 3.